The molecule has 0 fully saturated rings. The Kier molecular flexibility index (Phi) is 4.65. The molecule has 6 heteroatoms. The van der Waals surface area contributed by atoms with Crippen LogP contribution in [0.2, 0.25) is 0 Å². The molecule has 1 aromatic rings. The molecule has 1 unspecified atom stereocenters. The Morgan fingerprint density at radius 2 is 2.22 bits per heavy atom. The molecule has 0 saturated carbocycles. The van der Waals surface area contributed by atoms with E-state index in [1.165, 1.54) is 6.20 Å². The first-order chi connectivity index (χ1) is 8.48. The Bertz CT molecular complexity index is 422. The highest BCUT2D eigenvalue weighted by Crippen LogP contribution is 2.19. The van der Waals surface area contributed by atoms with E-state index in [1.54, 1.807) is 32.2 Å². The number of aromatic nitrogens is 1. The molecular formula is C12H17N3O3. The number of hydrogen-bond donors (Lipinski definition) is 3. The lowest BCUT2D eigenvalue weighted by Gasteiger charge is -2.23. The summed E-state index contributed by atoms with van der Waals surface area (Å²) in [5.74, 6) is -0.924. The highest BCUT2D eigenvalue weighted by atomic mass is 16.4. The van der Waals surface area contributed by atoms with Crippen molar-refractivity contribution < 1.29 is 14.7 Å². The number of carbonyl (C=O) groups is 2. The predicted molar refractivity (Wildman–Crippen MR) is 67.3 cm³/mol. The summed E-state index contributed by atoms with van der Waals surface area (Å²) in [6.45, 7) is 3.44. The molecule has 1 rings (SSSR count). The van der Waals surface area contributed by atoms with Crippen LogP contribution in [0.1, 0.15) is 20.3 Å². The second kappa shape index (κ2) is 6.00. The van der Waals surface area contributed by atoms with Crippen LogP contribution >= 0.6 is 0 Å². The van der Waals surface area contributed by atoms with Gasteiger partial charge in [-0.25, -0.2) is 4.79 Å². The number of carboxylic acid groups (broad SMARTS) is 1. The largest absolute Gasteiger partial charge is 0.481 e. The minimum absolute atomic E-state index is 0.0743. The molecule has 2 amide bonds. The smallest absolute Gasteiger partial charge is 0.319 e. The van der Waals surface area contributed by atoms with Crippen molar-refractivity contribution >= 4 is 17.7 Å². The van der Waals surface area contributed by atoms with Gasteiger partial charge in [0.1, 0.15) is 0 Å². The van der Waals surface area contributed by atoms with E-state index >= 15 is 0 Å². The zero-order valence-corrected chi connectivity index (χ0v) is 10.4. The maximum atomic E-state index is 11.6. The van der Waals surface area contributed by atoms with Gasteiger partial charge in [0.2, 0.25) is 0 Å². The van der Waals surface area contributed by atoms with E-state index in [-0.39, 0.29) is 6.54 Å². The Morgan fingerprint density at radius 3 is 2.72 bits per heavy atom. The summed E-state index contributed by atoms with van der Waals surface area (Å²) in [6, 6.07) is 2.95. The van der Waals surface area contributed by atoms with Gasteiger partial charge in [-0.2, -0.15) is 0 Å². The topological polar surface area (TPSA) is 91.3 Å². The Morgan fingerprint density at radius 1 is 1.50 bits per heavy atom. The van der Waals surface area contributed by atoms with Crippen LogP contribution in [0.3, 0.4) is 0 Å². The number of aliphatic carboxylic acids is 1. The van der Waals surface area contributed by atoms with E-state index in [0.29, 0.717) is 12.1 Å². The highest BCUT2D eigenvalue weighted by Gasteiger charge is 2.31. The van der Waals surface area contributed by atoms with Crippen LogP contribution in [-0.2, 0) is 4.79 Å². The molecule has 0 aliphatic carbocycles. The van der Waals surface area contributed by atoms with Gasteiger partial charge in [0.05, 0.1) is 17.3 Å². The van der Waals surface area contributed by atoms with Gasteiger partial charge in [-0.05, 0) is 25.5 Å². The standard InChI is InChI=1S/C12H17N3O3/c1-3-12(2,10(16)17)8-14-11(18)15-9-5-4-6-13-7-9/h4-7H,3,8H2,1-2H3,(H,16,17)(H2,14,15,18). The van der Waals surface area contributed by atoms with E-state index in [1.807, 2.05) is 0 Å². The van der Waals surface area contributed by atoms with Crippen molar-refractivity contribution in [3.8, 4) is 0 Å². The summed E-state index contributed by atoms with van der Waals surface area (Å²) in [5.41, 5.74) is -0.393. The van der Waals surface area contributed by atoms with Crippen molar-refractivity contribution in [2.75, 3.05) is 11.9 Å². The van der Waals surface area contributed by atoms with E-state index in [9.17, 15) is 9.59 Å². The van der Waals surface area contributed by atoms with Crippen molar-refractivity contribution in [2.45, 2.75) is 20.3 Å². The van der Waals surface area contributed by atoms with Gasteiger partial charge in [-0.15, -0.1) is 0 Å². The Balaban J connectivity index is 2.49. The fraction of sp³-hybridized carbons (Fsp3) is 0.417. The maximum absolute atomic E-state index is 11.6. The molecule has 1 heterocycles. The number of carbonyl (C=O) groups excluding carboxylic acids is 1. The van der Waals surface area contributed by atoms with Crippen molar-refractivity contribution in [2.24, 2.45) is 5.41 Å². The first-order valence-corrected chi connectivity index (χ1v) is 5.66. The van der Waals surface area contributed by atoms with E-state index in [0.717, 1.165) is 0 Å². The molecule has 18 heavy (non-hydrogen) atoms. The van der Waals surface area contributed by atoms with Crippen LogP contribution in [0, 0.1) is 5.41 Å². The van der Waals surface area contributed by atoms with Crippen LogP contribution in [0.15, 0.2) is 24.5 Å². The molecule has 3 N–H and O–H groups in total. The average molecular weight is 251 g/mol. The SMILES string of the molecule is CCC(C)(CNC(=O)Nc1cccnc1)C(=O)O. The number of nitrogens with zero attached hydrogens (tertiary/aromatic N) is 1. The van der Waals surface area contributed by atoms with Gasteiger partial charge in [0.15, 0.2) is 0 Å². The van der Waals surface area contributed by atoms with Crippen LogP contribution in [-0.4, -0.2) is 28.6 Å². The molecule has 6 nitrogen and oxygen atoms in total. The van der Waals surface area contributed by atoms with Crippen LogP contribution in [0.5, 0.6) is 0 Å². The Hall–Kier alpha value is -2.11. The highest BCUT2D eigenvalue weighted by molar-refractivity contribution is 5.89. The third-order valence-electron chi connectivity index (χ3n) is 2.86. The molecule has 0 radical (unpaired) electrons. The summed E-state index contributed by atoms with van der Waals surface area (Å²) < 4.78 is 0. The summed E-state index contributed by atoms with van der Waals surface area (Å²) in [7, 11) is 0. The molecule has 0 aromatic carbocycles. The Labute approximate surface area is 105 Å². The van der Waals surface area contributed by atoms with Gasteiger partial charge < -0.3 is 15.7 Å². The fourth-order valence-corrected chi connectivity index (χ4v) is 1.24. The second-order valence-corrected chi connectivity index (χ2v) is 4.27. The first kappa shape index (κ1) is 14.0. The molecule has 0 bridgehead atoms. The number of nitrogens with one attached hydrogen (secondary N) is 2. The van der Waals surface area contributed by atoms with Crippen molar-refractivity contribution in [3.05, 3.63) is 24.5 Å². The molecule has 1 atom stereocenters. The van der Waals surface area contributed by atoms with Gasteiger partial charge in [-0.1, -0.05) is 6.92 Å². The quantitative estimate of drug-likeness (QED) is 0.742. The number of pyridine rings is 1. The third-order valence-corrected chi connectivity index (χ3v) is 2.86. The van der Waals surface area contributed by atoms with Crippen molar-refractivity contribution in [1.29, 1.82) is 0 Å². The van der Waals surface area contributed by atoms with Gasteiger partial charge in [-0.3, -0.25) is 9.78 Å². The molecule has 0 aliphatic heterocycles. The molecule has 0 saturated heterocycles. The molecule has 98 valence electrons. The van der Waals surface area contributed by atoms with Gasteiger partial charge in [0.25, 0.3) is 0 Å². The van der Waals surface area contributed by atoms with Crippen LogP contribution < -0.4 is 10.6 Å². The minimum Gasteiger partial charge on any atom is -0.481 e. The second-order valence-electron chi connectivity index (χ2n) is 4.27. The average Bonchev–Trinajstić information content (AvgIpc) is 2.37. The summed E-state index contributed by atoms with van der Waals surface area (Å²) in [5, 5.41) is 14.2. The molecule has 0 aliphatic rings. The maximum Gasteiger partial charge on any atom is 0.319 e. The lowest BCUT2D eigenvalue weighted by atomic mass is 9.88. The predicted octanol–water partition coefficient (Wildman–Crippen LogP) is 1.70. The molecule has 0 spiro atoms. The zero-order chi connectivity index (χ0) is 13.6. The van der Waals surface area contributed by atoms with E-state index < -0.39 is 17.4 Å². The minimum atomic E-state index is -0.952. The van der Waals surface area contributed by atoms with Crippen LogP contribution in [0.4, 0.5) is 10.5 Å². The number of amides is 2. The lowest BCUT2D eigenvalue weighted by molar-refractivity contribution is -0.147. The van der Waals surface area contributed by atoms with Gasteiger partial charge in [0, 0.05) is 12.7 Å². The lowest BCUT2D eigenvalue weighted by Crippen LogP contribution is -2.42. The summed E-state index contributed by atoms with van der Waals surface area (Å²) in [4.78, 5) is 26.5. The number of carboxylic acids is 1. The first-order valence-electron chi connectivity index (χ1n) is 5.66. The van der Waals surface area contributed by atoms with Gasteiger partial charge >= 0.3 is 12.0 Å². The summed E-state index contributed by atoms with van der Waals surface area (Å²) in [6.07, 6.45) is 3.55. The van der Waals surface area contributed by atoms with Crippen molar-refractivity contribution in [1.82, 2.24) is 10.3 Å². The number of hydrogen-bond acceptors (Lipinski definition) is 3. The third kappa shape index (κ3) is 3.73. The van der Waals surface area contributed by atoms with Crippen molar-refractivity contribution in [3.63, 3.8) is 0 Å². The normalized spacial score (nSPS) is 13.4. The number of urea groups is 1. The van der Waals surface area contributed by atoms with E-state index in [4.69, 9.17) is 5.11 Å². The summed E-state index contributed by atoms with van der Waals surface area (Å²) >= 11 is 0. The zero-order valence-electron chi connectivity index (χ0n) is 10.4. The van der Waals surface area contributed by atoms with E-state index in [2.05, 4.69) is 15.6 Å². The van der Waals surface area contributed by atoms with Crippen LogP contribution in [0.25, 0.3) is 0 Å². The monoisotopic (exact) mass is 251 g/mol. The number of anilines is 1. The fourth-order valence-electron chi connectivity index (χ4n) is 1.24. The number of rotatable bonds is 5. The molecule has 1 aromatic heterocycles. The molecular weight excluding hydrogens is 234 g/mol.